The molecule has 1 saturated heterocycles. The Balaban J connectivity index is 1.81. The zero-order chi connectivity index (χ0) is 18.7. The number of carbonyl (C=O) groups excluding carboxylic acids is 1. The largest absolute Gasteiger partial charge is 0.451 e. The molecule has 2 amide bonds. The number of piperazine rings is 1. The highest BCUT2D eigenvalue weighted by molar-refractivity contribution is 5.74. The van der Waals surface area contributed by atoms with Crippen LogP contribution in [0.15, 0.2) is 12.4 Å². The molecule has 25 heavy (non-hydrogen) atoms. The summed E-state index contributed by atoms with van der Waals surface area (Å²) in [5.41, 5.74) is 0.534. The lowest BCUT2D eigenvalue weighted by Gasteiger charge is -2.43. The van der Waals surface area contributed by atoms with Gasteiger partial charge in [0, 0.05) is 56.2 Å². The third-order valence-corrected chi connectivity index (χ3v) is 4.69. The van der Waals surface area contributed by atoms with Crippen molar-refractivity contribution in [3.63, 3.8) is 0 Å². The molecule has 140 valence electrons. The van der Waals surface area contributed by atoms with E-state index in [2.05, 4.69) is 41.0 Å². The van der Waals surface area contributed by atoms with E-state index >= 15 is 0 Å². The maximum absolute atomic E-state index is 12.4. The number of nitrogens with zero attached hydrogens (tertiary/aromatic N) is 4. The van der Waals surface area contributed by atoms with Crippen LogP contribution in [0.25, 0.3) is 0 Å². The predicted octanol–water partition coefficient (Wildman–Crippen LogP) is 2.51. The summed E-state index contributed by atoms with van der Waals surface area (Å²) in [5.74, 6) is -1.18. The Hall–Kier alpha value is -1.90. The van der Waals surface area contributed by atoms with E-state index in [4.69, 9.17) is 0 Å². The Morgan fingerprint density at radius 1 is 1.16 bits per heavy atom. The SMILES string of the molecule is CCC(C)(C)N1CCN(C(=O)NCc2cnc(C(F)(F)F)nc2)CC1. The fourth-order valence-corrected chi connectivity index (χ4v) is 2.62. The van der Waals surface area contributed by atoms with Crippen molar-refractivity contribution in [2.45, 2.75) is 45.5 Å². The molecule has 0 atom stereocenters. The van der Waals surface area contributed by atoms with Gasteiger partial charge < -0.3 is 10.2 Å². The Labute approximate surface area is 145 Å². The summed E-state index contributed by atoms with van der Waals surface area (Å²) in [7, 11) is 0. The van der Waals surface area contributed by atoms with Crippen LogP contribution in [0.2, 0.25) is 0 Å². The van der Waals surface area contributed by atoms with Gasteiger partial charge in [0.1, 0.15) is 0 Å². The molecule has 1 aromatic rings. The molecule has 1 N–H and O–H groups in total. The van der Waals surface area contributed by atoms with Crippen LogP contribution in [-0.2, 0) is 12.7 Å². The summed E-state index contributed by atoms with van der Waals surface area (Å²) >= 11 is 0. The number of rotatable bonds is 4. The minimum Gasteiger partial charge on any atom is -0.334 e. The van der Waals surface area contributed by atoms with Crippen LogP contribution in [0.3, 0.4) is 0 Å². The Bertz CT molecular complexity index is 580. The number of amides is 2. The third-order valence-electron chi connectivity index (χ3n) is 4.69. The number of carbonyl (C=O) groups is 1. The molecule has 2 heterocycles. The summed E-state index contributed by atoms with van der Waals surface area (Å²) in [5, 5.41) is 2.70. The van der Waals surface area contributed by atoms with E-state index in [9.17, 15) is 18.0 Å². The van der Waals surface area contributed by atoms with Crippen molar-refractivity contribution in [2.75, 3.05) is 26.2 Å². The van der Waals surface area contributed by atoms with Crippen molar-refractivity contribution >= 4 is 6.03 Å². The molecule has 1 aliphatic heterocycles. The third kappa shape index (κ3) is 5.04. The van der Waals surface area contributed by atoms with Crippen molar-refractivity contribution in [3.8, 4) is 0 Å². The molecule has 6 nitrogen and oxygen atoms in total. The summed E-state index contributed by atoms with van der Waals surface area (Å²) in [4.78, 5) is 22.8. The molecule has 0 unspecified atom stereocenters. The molecule has 1 aromatic heterocycles. The highest BCUT2D eigenvalue weighted by atomic mass is 19.4. The van der Waals surface area contributed by atoms with Crippen LogP contribution >= 0.6 is 0 Å². The predicted molar refractivity (Wildman–Crippen MR) is 86.8 cm³/mol. The summed E-state index contributed by atoms with van der Waals surface area (Å²) in [6.45, 7) is 9.47. The number of hydrogen-bond donors (Lipinski definition) is 1. The molecule has 0 radical (unpaired) electrons. The Morgan fingerprint density at radius 3 is 2.20 bits per heavy atom. The highest BCUT2D eigenvalue weighted by Crippen LogP contribution is 2.25. The first kappa shape index (κ1) is 19.4. The second-order valence-electron chi connectivity index (χ2n) is 6.71. The topological polar surface area (TPSA) is 61.4 Å². The lowest BCUT2D eigenvalue weighted by molar-refractivity contribution is -0.145. The molecule has 0 spiro atoms. The van der Waals surface area contributed by atoms with Crippen LogP contribution < -0.4 is 5.32 Å². The average molecular weight is 359 g/mol. The summed E-state index contributed by atoms with van der Waals surface area (Å²) in [6.07, 6.45) is -1.36. The van der Waals surface area contributed by atoms with Gasteiger partial charge in [0.15, 0.2) is 0 Å². The van der Waals surface area contributed by atoms with E-state index in [0.29, 0.717) is 18.7 Å². The number of alkyl halides is 3. The van der Waals surface area contributed by atoms with Crippen LogP contribution in [0.5, 0.6) is 0 Å². The van der Waals surface area contributed by atoms with Crippen LogP contribution in [0.1, 0.15) is 38.6 Å². The first-order chi connectivity index (χ1) is 11.6. The van der Waals surface area contributed by atoms with E-state index in [1.165, 1.54) is 0 Å². The lowest BCUT2D eigenvalue weighted by Crippen LogP contribution is -2.57. The van der Waals surface area contributed by atoms with Crippen LogP contribution in [0, 0.1) is 0 Å². The fraction of sp³-hybridized carbons (Fsp3) is 0.688. The zero-order valence-electron chi connectivity index (χ0n) is 14.7. The normalized spacial score (nSPS) is 16.8. The second kappa shape index (κ2) is 7.55. The first-order valence-electron chi connectivity index (χ1n) is 8.29. The molecule has 1 aliphatic rings. The quantitative estimate of drug-likeness (QED) is 0.897. The van der Waals surface area contributed by atoms with Crippen molar-refractivity contribution in [1.29, 1.82) is 0 Å². The summed E-state index contributed by atoms with van der Waals surface area (Å²) < 4.78 is 37.2. The molecule has 0 aliphatic carbocycles. The van der Waals surface area contributed by atoms with Crippen molar-refractivity contribution in [2.24, 2.45) is 0 Å². The van der Waals surface area contributed by atoms with Crippen molar-refractivity contribution in [3.05, 3.63) is 23.8 Å². The molecule has 1 fully saturated rings. The van der Waals surface area contributed by atoms with Gasteiger partial charge in [-0.2, -0.15) is 13.2 Å². The van der Waals surface area contributed by atoms with Gasteiger partial charge in [0.2, 0.25) is 5.82 Å². The number of hydrogen-bond acceptors (Lipinski definition) is 4. The molecule has 2 rings (SSSR count). The van der Waals surface area contributed by atoms with Gasteiger partial charge in [-0.15, -0.1) is 0 Å². The fourth-order valence-electron chi connectivity index (χ4n) is 2.62. The molecular weight excluding hydrogens is 335 g/mol. The van der Waals surface area contributed by atoms with E-state index in [1.54, 1.807) is 4.90 Å². The summed E-state index contributed by atoms with van der Waals surface area (Å²) in [6, 6.07) is -0.228. The van der Waals surface area contributed by atoms with Crippen LogP contribution in [0.4, 0.5) is 18.0 Å². The van der Waals surface area contributed by atoms with Gasteiger partial charge in [0.05, 0.1) is 0 Å². The average Bonchev–Trinajstić information content (AvgIpc) is 2.59. The maximum Gasteiger partial charge on any atom is 0.451 e. The van der Waals surface area contributed by atoms with E-state index in [-0.39, 0.29) is 18.1 Å². The first-order valence-corrected chi connectivity index (χ1v) is 8.29. The number of halogens is 3. The Kier molecular flexibility index (Phi) is 5.87. The van der Waals surface area contributed by atoms with Gasteiger partial charge in [-0.05, 0) is 20.3 Å². The smallest absolute Gasteiger partial charge is 0.334 e. The van der Waals surface area contributed by atoms with Gasteiger partial charge in [-0.3, -0.25) is 4.90 Å². The maximum atomic E-state index is 12.4. The number of urea groups is 1. The van der Waals surface area contributed by atoms with E-state index < -0.39 is 12.0 Å². The molecule has 9 heteroatoms. The van der Waals surface area contributed by atoms with Crippen molar-refractivity contribution < 1.29 is 18.0 Å². The lowest BCUT2D eigenvalue weighted by atomic mass is 9.98. The highest BCUT2D eigenvalue weighted by Gasteiger charge is 2.34. The number of aromatic nitrogens is 2. The van der Waals surface area contributed by atoms with E-state index in [0.717, 1.165) is 31.9 Å². The molecule has 0 aromatic carbocycles. The monoisotopic (exact) mass is 359 g/mol. The molecule has 0 saturated carbocycles. The van der Waals surface area contributed by atoms with Crippen LogP contribution in [-0.4, -0.2) is 57.5 Å². The van der Waals surface area contributed by atoms with E-state index in [1.807, 2.05) is 0 Å². The van der Waals surface area contributed by atoms with Gasteiger partial charge in [0.25, 0.3) is 0 Å². The molecule has 0 bridgehead atoms. The van der Waals surface area contributed by atoms with Gasteiger partial charge in [-0.25, -0.2) is 14.8 Å². The minimum atomic E-state index is -4.56. The van der Waals surface area contributed by atoms with Gasteiger partial charge >= 0.3 is 12.2 Å². The van der Waals surface area contributed by atoms with Crippen molar-refractivity contribution in [1.82, 2.24) is 25.1 Å². The second-order valence-corrected chi connectivity index (χ2v) is 6.71. The standard InChI is InChI=1S/C16H24F3N5O/c1-4-15(2,3)24-7-5-23(6-8-24)14(25)22-11-12-9-20-13(21-10-12)16(17,18)19/h9-10H,4-8,11H2,1-3H3,(H,22,25). The minimum absolute atomic E-state index is 0.0949. The zero-order valence-corrected chi connectivity index (χ0v) is 14.7. The number of nitrogens with one attached hydrogen (secondary N) is 1. The van der Waals surface area contributed by atoms with Gasteiger partial charge in [-0.1, -0.05) is 6.92 Å². The Morgan fingerprint density at radius 2 is 1.72 bits per heavy atom. The molecular formula is C16H24F3N5O.